The summed E-state index contributed by atoms with van der Waals surface area (Å²) in [5.41, 5.74) is 0. The number of rotatable bonds is 1. The van der Waals surface area contributed by atoms with E-state index in [4.69, 9.17) is 10.2 Å². The number of hydrogen-bond donors (Lipinski definition) is 2. The van der Waals surface area contributed by atoms with Gasteiger partial charge in [0.25, 0.3) is 0 Å². The van der Waals surface area contributed by atoms with Crippen molar-refractivity contribution in [2.45, 2.75) is 6.92 Å². The predicted octanol–water partition coefficient (Wildman–Crippen LogP) is 1.10. The molecule has 0 aromatic heterocycles. The molecule has 0 spiro atoms. The Bertz CT molecular complexity index is 111. The smallest absolute Gasteiger partial charge is 0.509 e. The van der Waals surface area contributed by atoms with Crippen LogP contribution in [-0.2, 0) is 4.74 Å². The van der Waals surface area contributed by atoms with Crippen LogP contribution in [0.25, 0.3) is 0 Å². The number of aliphatic hydroxyl groups is 1. The summed E-state index contributed by atoms with van der Waals surface area (Å²) in [6.07, 6.45) is -0.694. The first-order valence-electron chi connectivity index (χ1n) is 1.88. The number of carbonyl (C=O) groups is 1. The van der Waals surface area contributed by atoms with Crippen molar-refractivity contribution in [3.63, 3.8) is 0 Å². The summed E-state index contributed by atoms with van der Waals surface area (Å²) in [6, 6.07) is 0. The second-order valence-corrected chi connectivity index (χ2v) is 1.14. The van der Waals surface area contributed by atoms with E-state index in [-0.39, 0.29) is 5.76 Å². The topological polar surface area (TPSA) is 66.8 Å². The molecule has 0 saturated heterocycles. The molecule has 46 valence electrons. The summed E-state index contributed by atoms with van der Waals surface area (Å²) in [4.78, 5) is 9.53. The average Bonchev–Trinajstić information content (AvgIpc) is 1.61. The Morgan fingerprint density at radius 1 is 1.62 bits per heavy atom. The molecular formula is C4H6O4. The molecule has 0 atom stereocenters. The molecule has 2 N–H and O–H groups in total. The third-order valence-electron chi connectivity index (χ3n) is 0.330. The molecular weight excluding hydrogens is 112 g/mol. The van der Waals surface area contributed by atoms with Gasteiger partial charge >= 0.3 is 6.16 Å². The number of allylic oxidation sites excluding steroid dienone is 1. The van der Waals surface area contributed by atoms with Crippen LogP contribution in [0.2, 0.25) is 0 Å². The molecule has 4 heteroatoms. The number of carboxylic acid groups (broad SMARTS) is 1. The van der Waals surface area contributed by atoms with Crippen molar-refractivity contribution in [2.24, 2.45) is 0 Å². The van der Waals surface area contributed by atoms with E-state index in [0.717, 1.165) is 6.26 Å². The molecule has 0 bridgehead atoms. The SMILES string of the molecule is CC(O)=COC(=O)O. The average molecular weight is 118 g/mol. The van der Waals surface area contributed by atoms with E-state index in [1.165, 1.54) is 6.92 Å². The van der Waals surface area contributed by atoms with Gasteiger partial charge in [0.15, 0.2) is 0 Å². The molecule has 0 aromatic rings. The van der Waals surface area contributed by atoms with E-state index in [9.17, 15) is 4.79 Å². The van der Waals surface area contributed by atoms with E-state index in [0.29, 0.717) is 0 Å². The molecule has 0 aliphatic carbocycles. The van der Waals surface area contributed by atoms with Crippen molar-refractivity contribution in [3.05, 3.63) is 12.0 Å². The third kappa shape index (κ3) is 4.81. The lowest BCUT2D eigenvalue weighted by molar-refractivity contribution is 0.125. The standard InChI is InChI=1S/C4H6O4/c1-3(5)2-8-4(6)7/h2,5H,1H3,(H,6,7). The van der Waals surface area contributed by atoms with E-state index >= 15 is 0 Å². The molecule has 0 unspecified atom stereocenters. The Balaban J connectivity index is 3.45. The molecule has 0 aliphatic heterocycles. The first kappa shape index (κ1) is 6.81. The molecule has 0 rings (SSSR count). The van der Waals surface area contributed by atoms with Crippen LogP contribution in [0.3, 0.4) is 0 Å². The third-order valence-corrected chi connectivity index (χ3v) is 0.330. The van der Waals surface area contributed by atoms with Crippen molar-refractivity contribution >= 4 is 6.16 Å². The van der Waals surface area contributed by atoms with Gasteiger partial charge in [0.05, 0.1) is 0 Å². The van der Waals surface area contributed by atoms with Gasteiger partial charge < -0.3 is 14.9 Å². The van der Waals surface area contributed by atoms with Crippen molar-refractivity contribution in [1.29, 1.82) is 0 Å². The Labute approximate surface area is 46.0 Å². The molecule has 0 fully saturated rings. The van der Waals surface area contributed by atoms with Gasteiger partial charge in [-0.15, -0.1) is 0 Å². The molecule has 0 heterocycles. The lowest BCUT2D eigenvalue weighted by Gasteiger charge is -1.87. The van der Waals surface area contributed by atoms with Gasteiger partial charge in [0, 0.05) is 0 Å². The highest BCUT2D eigenvalue weighted by Gasteiger charge is 1.89. The lowest BCUT2D eigenvalue weighted by Crippen LogP contribution is -1.92. The van der Waals surface area contributed by atoms with Gasteiger partial charge in [-0.05, 0) is 6.92 Å². The fraction of sp³-hybridized carbons (Fsp3) is 0.250. The van der Waals surface area contributed by atoms with E-state index < -0.39 is 6.16 Å². The summed E-state index contributed by atoms with van der Waals surface area (Å²) >= 11 is 0. The second-order valence-electron chi connectivity index (χ2n) is 1.14. The van der Waals surface area contributed by atoms with Gasteiger partial charge in [-0.3, -0.25) is 0 Å². The Morgan fingerprint density at radius 3 is 2.25 bits per heavy atom. The van der Waals surface area contributed by atoms with Crippen LogP contribution < -0.4 is 0 Å². The van der Waals surface area contributed by atoms with Crippen LogP contribution in [0.4, 0.5) is 4.79 Å². The minimum Gasteiger partial charge on any atom is -0.509 e. The molecule has 0 aliphatic rings. The van der Waals surface area contributed by atoms with Crippen molar-refractivity contribution < 1.29 is 19.7 Å². The van der Waals surface area contributed by atoms with Gasteiger partial charge in [-0.2, -0.15) is 0 Å². The van der Waals surface area contributed by atoms with Crippen LogP contribution in [0.15, 0.2) is 12.0 Å². The molecule has 4 nitrogen and oxygen atoms in total. The van der Waals surface area contributed by atoms with Crippen LogP contribution >= 0.6 is 0 Å². The normalized spacial score (nSPS) is 10.9. The number of hydrogen-bond acceptors (Lipinski definition) is 3. The quantitative estimate of drug-likeness (QED) is 0.399. The molecule has 0 amide bonds. The Kier molecular flexibility index (Phi) is 2.47. The monoisotopic (exact) mass is 118 g/mol. The molecule has 8 heavy (non-hydrogen) atoms. The minimum atomic E-state index is -1.43. The van der Waals surface area contributed by atoms with Gasteiger partial charge in [-0.25, -0.2) is 4.79 Å². The van der Waals surface area contributed by atoms with Crippen LogP contribution in [0.1, 0.15) is 6.92 Å². The predicted molar refractivity (Wildman–Crippen MR) is 25.5 cm³/mol. The molecule has 0 aromatic carbocycles. The van der Waals surface area contributed by atoms with Crippen LogP contribution in [0, 0.1) is 0 Å². The maximum atomic E-state index is 9.53. The van der Waals surface area contributed by atoms with Gasteiger partial charge in [-0.1, -0.05) is 0 Å². The number of ether oxygens (including phenoxy) is 1. The minimum absolute atomic E-state index is 0.174. The first-order valence-corrected chi connectivity index (χ1v) is 1.88. The lowest BCUT2D eigenvalue weighted by atomic mass is 10.7. The van der Waals surface area contributed by atoms with Crippen LogP contribution in [-0.4, -0.2) is 16.4 Å². The van der Waals surface area contributed by atoms with Crippen LogP contribution in [0.5, 0.6) is 0 Å². The van der Waals surface area contributed by atoms with Crippen molar-refractivity contribution in [3.8, 4) is 0 Å². The van der Waals surface area contributed by atoms with Gasteiger partial charge in [0.2, 0.25) is 0 Å². The summed E-state index contributed by atoms with van der Waals surface area (Å²) in [6.45, 7) is 1.31. The fourth-order valence-electron chi connectivity index (χ4n) is 0.136. The van der Waals surface area contributed by atoms with Gasteiger partial charge in [0.1, 0.15) is 12.0 Å². The maximum absolute atomic E-state index is 9.53. The Hall–Kier alpha value is -1.19. The molecule has 0 radical (unpaired) electrons. The highest BCUT2D eigenvalue weighted by molar-refractivity contribution is 5.57. The summed E-state index contributed by atoms with van der Waals surface area (Å²) in [5.74, 6) is -0.174. The highest BCUT2D eigenvalue weighted by atomic mass is 16.7. The van der Waals surface area contributed by atoms with E-state index in [2.05, 4.69) is 4.74 Å². The van der Waals surface area contributed by atoms with E-state index in [1.54, 1.807) is 0 Å². The molecule has 0 saturated carbocycles. The zero-order valence-corrected chi connectivity index (χ0v) is 4.29. The van der Waals surface area contributed by atoms with Crippen molar-refractivity contribution in [2.75, 3.05) is 0 Å². The van der Waals surface area contributed by atoms with Crippen molar-refractivity contribution in [1.82, 2.24) is 0 Å². The summed E-state index contributed by atoms with van der Waals surface area (Å²) in [7, 11) is 0. The fourth-order valence-corrected chi connectivity index (χ4v) is 0.136. The maximum Gasteiger partial charge on any atom is 0.510 e. The largest absolute Gasteiger partial charge is 0.510 e. The first-order chi connectivity index (χ1) is 3.63. The number of aliphatic hydroxyl groups excluding tert-OH is 1. The zero-order valence-electron chi connectivity index (χ0n) is 4.29. The second kappa shape index (κ2) is 2.90. The summed E-state index contributed by atoms with van der Waals surface area (Å²) in [5, 5.41) is 16.1. The summed E-state index contributed by atoms with van der Waals surface area (Å²) < 4.78 is 3.81. The van der Waals surface area contributed by atoms with E-state index in [1.807, 2.05) is 0 Å². The highest BCUT2D eigenvalue weighted by Crippen LogP contribution is 1.84. The Morgan fingerprint density at radius 2 is 2.12 bits per heavy atom. The zero-order chi connectivity index (χ0) is 6.57.